The molecule has 2 amide bonds. The van der Waals surface area contributed by atoms with Crippen LogP contribution >= 0.6 is 0 Å². The van der Waals surface area contributed by atoms with Gasteiger partial charge in [0.15, 0.2) is 5.78 Å². The third kappa shape index (κ3) is 5.19. The first-order chi connectivity index (χ1) is 14.2. The van der Waals surface area contributed by atoms with E-state index in [4.69, 9.17) is 9.47 Å². The number of epoxide rings is 1. The molecule has 3 atom stereocenters. The van der Waals surface area contributed by atoms with Gasteiger partial charge in [-0.15, -0.1) is 0 Å². The summed E-state index contributed by atoms with van der Waals surface area (Å²) < 4.78 is 10.5. The quantitative estimate of drug-likeness (QED) is 0.589. The molecular formula is C23H32N2O5. The molecule has 7 heteroatoms. The average molecular weight is 417 g/mol. The smallest absolute Gasteiger partial charge is 0.224 e. The van der Waals surface area contributed by atoms with Crippen LogP contribution in [0.25, 0.3) is 0 Å². The monoisotopic (exact) mass is 416 g/mol. The molecule has 0 radical (unpaired) electrons. The average Bonchev–Trinajstić information content (AvgIpc) is 3.35. The summed E-state index contributed by atoms with van der Waals surface area (Å²) in [5.41, 5.74) is 0.170. The Morgan fingerprint density at radius 1 is 1.27 bits per heavy atom. The molecule has 1 N–H and O–H groups in total. The number of likely N-dealkylation sites (tertiary alicyclic amines) is 1. The SMILES string of the molecule is COc1ccc(CC(C(=O)NC(CN2CCCC2=O)C(=O)C2(C)CO2)C(C)C)cc1. The molecule has 3 rings (SSSR count). The minimum atomic E-state index is -0.857. The van der Waals surface area contributed by atoms with E-state index in [9.17, 15) is 14.4 Å². The van der Waals surface area contributed by atoms with Crippen LogP contribution in [0.15, 0.2) is 24.3 Å². The van der Waals surface area contributed by atoms with Gasteiger partial charge in [0, 0.05) is 25.4 Å². The number of methoxy groups -OCH3 is 1. The van der Waals surface area contributed by atoms with Crippen molar-refractivity contribution < 1.29 is 23.9 Å². The first-order valence-corrected chi connectivity index (χ1v) is 10.6. The van der Waals surface area contributed by atoms with Crippen molar-refractivity contribution in [2.75, 3.05) is 26.8 Å². The molecule has 0 saturated carbocycles. The molecule has 1 aromatic carbocycles. The van der Waals surface area contributed by atoms with E-state index >= 15 is 0 Å². The summed E-state index contributed by atoms with van der Waals surface area (Å²) in [6, 6.07) is 6.89. The molecule has 2 fully saturated rings. The lowest BCUT2D eigenvalue weighted by Gasteiger charge is -2.28. The lowest BCUT2D eigenvalue weighted by atomic mass is 9.87. The van der Waals surface area contributed by atoms with Gasteiger partial charge in [0.2, 0.25) is 11.8 Å². The molecule has 0 bridgehead atoms. The number of Topliss-reactive ketones (excluding diaryl/α,β-unsaturated/α-hetero) is 1. The van der Waals surface area contributed by atoms with E-state index in [1.54, 1.807) is 18.9 Å². The summed E-state index contributed by atoms with van der Waals surface area (Å²) in [4.78, 5) is 39.9. The lowest BCUT2D eigenvalue weighted by Crippen LogP contribution is -2.54. The van der Waals surface area contributed by atoms with Gasteiger partial charge in [0.05, 0.1) is 13.7 Å². The minimum Gasteiger partial charge on any atom is -0.497 e. The van der Waals surface area contributed by atoms with Gasteiger partial charge in [-0.25, -0.2) is 0 Å². The second kappa shape index (κ2) is 9.16. The lowest BCUT2D eigenvalue weighted by molar-refractivity contribution is -0.135. The third-order valence-electron chi connectivity index (χ3n) is 6.06. The van der Waals surface area contributed by atoms with Crippen LogP contribution in [-0.4, -0.2) is 60.9 Å². The van der Waals surface area contributed by atoms with Crippen LogP contribution in [0.2, 0.25) is 0 Å². The van der Waals surface area contributed by atoms with Gasteiger partial charge in [-0.1, -0.05) is 26.0 Å². The van der Waals surface area contributed by atoms with E-state index in [1.165, 1.54) is 0 Å². The Morgan fingerprint density at radius 3 is 2.43 bits per heavy atom. The maximum absolute atomic E-state index is 13.2. The Kier molecular flexibility index (Phi) is 6.81. The molecular weight excluding hydrogens is 384 g/mol. The van der Waals surface area contributed by atoms with E-state index in [0.29, 0.717) is 26.0 Å². The molecule has 0 spiro atoms. The van der Waals surface area contributed by atoms with E-state index < -0.39 is 11.6 Å². The number of nitrogens with zero attached hydrogens (tertiary/aromatic N) is 1. The second-order valence-corrected chi connectivity index (χ2v) is 8.79. The summed E-state index contributed by atoms with van der Waals surface area (Å²) in [7, 11) is 1.62. The maximum Gasteiger partial charge on any atom is 0.224 e. The van der Waals surface area contributed by atoms with Gasteiger partial charge in [-0.2, -0.15) is 0 Å². The third-order valence-corrected chi connectivity index (χ3v) is 6.06. The Labute approximate surface area is 178 Å². The molecule has 1 aromatic rings. The van der Waals surface area contributed by atoms with Crippen LogP contribution in [0.5, 0.6) is 5.75 Å². The van der Waals surface area contributed by atoms with Gasteiger partial charge in [0.1, 0.15) is 17.4 Å². The molecule has 2 saturated heterocycles. The van der Waals surface area contributed by atoms with Crippen molar-refractivity contribution in [2.24, 2.45) is 11.8 Å². The van der Waals surface area contributed by atoms with Crippen LogP contribution in [-0.2, 0) is 25.5 Å². The predicted molar refractivity (Wildman–Crippen MR) is 112 cm³/mol. The predicted octanol–water partition coefficient (Wildman–Crippen LogP) is 1.98. The maximum atomic E-state index is 13.2. The Bertz CT molecular complexity index is 785. The molecule has 3 unspecified atom stereocenters. The van der Waals surface area contributed by atoms with Gasteiger partial charge in [-0.3, -0.25) is 14.4 Å². The fourth-order valence-electron chi connectivity index (χ4n) is 3.86. The van der Waals surface area contributed by atoms with Crippen molar-refractivity contribution >= 4 is 17.6 Å². The van der Waals surface area contributed by atoms with Gasteiger partial charge < -0.3 is 19.7 Å². The number of benzene rings is 1. The van der Waals surface area contributed by atoms with E-state index in [1.807, 2.05) is 38.1 Å². The van der Waals surface area contributed by atoms with Crippen LogP contribution in [0.4, 0.5) is 0 Å². The number of hydrogen-bond acceptors (Lipinski definition) is 5. The summed E-state index contributed by atoms with van der Waals surface area (Å²) in [6.45, 7) is 6.91. The van der Waals surface area contributed by atoms with E-state index in [0.717, 1.165) is 17.7 Å². The number of ketones is 1. The highest BCUT2D eigenvalue weighted by molar-refractivity contribution is 5.97. The zero-order valence-corrected chi connectivity index (χ0v) is 18.3. The Balaban J connectivity index is 1.72. The first-order valence-electron chi connectivity index (χ1n) is 10.6. The van der Waals surface area contributed by atoms with E-state index in [2.05, 4.69) is 5.32 Å². The molecule has 30 heavy (non-hydrogen) atoms. The molecule has 2 heterocycles. The van der Waals surface area contributed by atoms with Gasteiger partial charge in [0.25, 0.3) is 0 Å². The molecule has 2 aliphatic heterocycles. The second-order valence-electron chi connectivity index (χ2n) is 8.79. The molecule has 164 valence electrons. The number of hydrogen-bond donors (Lipinski definition) is 1. The molecule has 0 aliphatic carbocycles. The Hall–Kier alpha value is -2.41. The van der Waals surface area contributed by atoms with Crippen LogP contribution in [0.3, 0.4) is 0 Å². The topological polar surface area (TPSA) is 88.2 Å². The number of rotatable bonds is 10. The number of amides is 2. The molecule has 0 aromatic heterocycles. The van der Waals surface area contributed by atoms with Crippen molar-refractivity contribution in [1.82, 2.24) is 10.2 Å². The first kappa shape index (κ1) is 22.3. The van der Waals surface area contributed by atoms with Crippen molar-refractivity contribution in [1.29, 1.82) is 0 Å². The van der Waals surface area contributed by atoms with Crippen molar-refractivity contribution in [3.05, 3.63) is 29.8 Å². The van der Waals surface area contributed by atoms with Crippen molar-refractivity contribution in [2.45, 2.75) is 51.7 Å². The van der Waals surface area contributed by atoms with Gasteiger partial charge >= 0.3 is 0 Å². The zero-order chi connectivity index (χ0) is 21.9. The fourth-order valence-corrected chi connectivity index (χ4v) is 3.86. The largest absolute Gasteiger partial charge is 0.497 e. The van der Waals surface area contributed by atoms with Crippen LogP contribution < -0.4 is 10.1 Å². The number of nitrogens with one attached hydrogen (secondary N) is 1. The fraction of sp³-hybridized carbons (Fsp3) is 0.609. The zero-order valence-electron chi connectivity index (χ0n) is 18.3. The highest BCUT2D eigenvalue weighted by Gasteiger charge is 2.50. The standard InChI is InChI=1S/C23H32N2O5/c1-15(2)18(12-16-7-9-17(29-4)10-8-16)22(28)24-19(21(27)23(3)14-30-23)13-25-11-5-6-20(25)26/h7-10,15,18-19H,5-6,11-14H2,1-4H3,(H,24,28). The minimum absolute atomic E-state index is 0.0301. The molecule has 7 nitrogen and oxygen atoms in total. The summed E-state index contributed by atoms with van der Waals surface area (Å²) in [6.07, 6.45) is 1.84. The summed E-state index contributed by atoms with van der Waals surface area (Å²) in [5.74, 6) is 0.253. The number of carbonyl (C=O) groups is 3. The highest BCUT2D eigenvalue weighted by atomic mass is 16.6. The molecule has 2 aliphatic rings. The van der Waals surface area contributed by atoms with E-state index in [-0.39, 0.29) is 36.0 Å². The summed E-state index contributed by atoms with van der Waals surface area (Å²) in [5, 5.41) is 2.95. The number of ether oxygens (including phenoxy) is 2. The normalized spacial score (nSPS) is 22.7. The van der Waals surface area contributed by atoms with Crippen LogP contribution in [0, 0.1) is 11.8 Å². The van der Waals surface area contributed by atoms with Gasteiger partial charge in [-0.05, 0) is 43.4 Å². The van der Waals surface area contributed by atoms with Crippen molar-refractivity contribution in [3.8, 4) is 5.75 Å². The van der Waals surface area contributed by atoms with Crippen LogP contribution in [0.1, 0.15) is 39.2 Å². The van der Waals surface area contributed by atoms with Crippen molar-refractivity contribution in [3.63, 3.8) is 0 Å². The Morgan fingerprint density at radius 2 is 1.93 bits per heavy atom. The highest BCUT2D eigenvalue weighted by Crippen LogP contribution is 2.29. The summed E-state index contributed by atoms with van der Waals surface area (Å²) >= 11 is 0. The number of carbonyl (C=O) groups excluding carboxylic acids is 3.